The van der Waals surface area contributed by atoms with Gasteiger partial charge >= 0.3 is 5.97 Å². The molecule has 3 heteroatoms. The molecule has 1 aromatic rings. The Bertz CT molecular complexity index is 221. The first-order chi connectivity index (χ1) is 4.84. The maximum atomic E-state index is 10.8. The molecule has 2 nitrogen and oxygen atoms in total. The Morgan fingerprint density at radius 1 is 1.27 bits per heavy atom. The third kappa shape index (κ3) is 3.01. The van der Waals surface area contributed by atoms with Crippen LogP contribution in [0.3, 0.4) is 0 Å². The van der Waals surface area contributed by atoms with Crippen molar-refractivity contribution >= 4 is 5.97 Å². The molecule has 0 spiro atoms. The van der Waals surface area contributed by atoms with Crippen LogP contribution in [0.2, 0.25) is 0 Å². The van der Waals surface area contributed by atoms with Crippen molar-refractivity contribution in [3.63, 3.8) is 0 Å². The zero-order valence-electron chi connectivity index (χ0n) is 6.41. The van der Waals surface area contributed by atoms with Gasteiger partial charge in [0, 0.05) is 27.7 Å². The smallest absolute Gasteiger partial charge is 0.337 e. The van der Waals surface area contributed by atoms with Crippen LogP contribution in [0.4, 0.5) is 0 Å². The van der Waals surface area contributed by atoms with E-state index >= 15 is 0 Å². The summed E-state index contributed by atoms with van der Waals surface area (Å²) in [7, 11) is 1.37. The molecular weight excluding hydrogens is 329 g/mol. The predicted octanol–water partition coefficient (Wildman–Crippen LogP) is 1.47. The van der Waals surface area contributed by atoms with Gasteiger partial charge in [0.15, 0.2) is 0 Å². The van der Waals surface area contributed by atoms with Gasteiger partial charge in [-0.05, 0) is 12.1 Å². The molecule has 0 N–H and O–H groups in total. The molecule has 0 aliphatic heterocycles. The van der Waals surface area contributed by atoms with Crippen LogP contribution in [0.5, 0.6) is 0 Å². The van der Waals surface area contributed by atoms with Gasteiger partial charge in [-0.2, -0.15) is 0 Å². The van der Waals surface area contributed by atoms with Crippen molar-refractivity contribution in [1.82, 2.24) is 0 Å². The largest absolute Gasteiger partial charge is 0.465 e. The summed E-state index contributed by atoms with van der Waals surface area (Å²) in [6, 6.07) is 8.88. The monoisotopic (exact) mass is 338 g/mol. The van der Waals surface area contributed by atoms with E-state index in [1.54, 1.807) is 24.3 Å². The van der Waals surface area contributed by atoms with Gasteiger partial charge in [-0.1, -0.05) is 18.2 Å². The summed E-state index contributed by atoms with van der Waals surface area (Å²) < 4.78 is 4.50. The first-order valence-electron chi connectivity index (χ1n) is 2.98. The fourth-order valence-electron chi connectivity index (χ4n) is 0.692. The van der Waals surface area contributed by atoms with E-state index in [0.29, 0.717) is 5.56 Å². The number of hydrogen-bond acceptors (Lipinski definition) is 2. The van der Waals surface area contributed by atoms with Gasteiger partial charge < -0.3 is 4.74 Å². The number of methoxy groups -OCH3 is 1. The molecule has 0 unspecified atom stereocenters. The van der Waals surface area contributed by atoms with Gasteiger partial charge in [-0.3, -0.25) is 0 Å². The molecule has 0 heterocycles. The minimum Gasteiger partial charge on any atom is -0.465 e. The van der Waals surface area contributed by atoms with Crippen LogP contribution in [0.1, 0.15) is 10.4 Å². The number of carbonyl (C=O) groups is 1. The predicted molar refractivity (Wildman–Crippen MR) is 37.8 cm³/mol. The third-order valence-corrected chi connectivity index (χ3v) is 1.19. The number of esters is 1. The van der Waals surface area contributed by atoms with Crippen LogP contribution in [0.15, 0.2) is 30.3 Å². The molecule has 54 valence electrons. The van der Waals surface area contributed by atoms with Gasteiger partial charge in [0.25, 0.3) is 0 Å². The molecule has 0 fully saturated rings. The molecule has 1 rings (SSSR count). The van der Waals surface area contributed by atoms with Crippen LogP contribution in [-0.4, -0.2) is 13.1 Å². The van der Waals surface area contributed by atoms with E-state index in [0.717, 1.165) is 0 Å². The van der Waals surface area contributed by atoms with E-state index in [2.05, 4.69) is 4.74 Å². The molecule has 0 atom stereocenters. The zero-order valence-corrected chi connectivity index (χ0v) is 11.9. The van der Waals surface area contributed by atoms with Gasteiger partial charge in [-0.15, -0.1) is 0 Å². The molecule has 0 bridgehead atoms. The number of rotatable bonds is 1. The summed E-state index contributed by atoms with van der Waals surface area (Å²) in [6.07, 6.45) is 0. The number of carbonyl (C=O) groups excluding carboxylic acids is 1. The molecule has 0 saturated carbocycles. The third-order valence-electron chi connectivity index (χ3n) is 1.19. The Morgan fingerprint density at radius 2 is 1.82 bits per heavy atom. The Kier molecular flexibility index (Phi) is 5.12. The minimum atomic E-state index is -0.291. The Hall–Kier alpha value is -0.375. The first-order valence-corrected chi connectivity index (χ1v) is 2.98. The Labute approximate surface area is 86.1 Å². The fourth-order valence-corrected chi connectivity index (χ4v) is 0.692. The molecule has 0 radical (unpaired) electrons. The maximum absolute atomic E-state index is 10.8. The standard InChI is InChI=1S/C8H8O2.Hg/c1-10-8(9)7-5-3-2-4-6-7;/h2-6H,1H3;. The van der Waals surface area contributed by atoms with Crippen LogP contribution >= 0.6 is 0 Å². The van der Waals surface area contributed by atoms with E-state index in [1.807, 2.05) is 6.07 Å². The SMILES string of the molecule is COC(=O)c1ccccc1.[Hg]. The second-order valence-corrected chi connectivity index (χ2v) is 1.86. The molecule has 1 aromatic carbocycles. The van der Waals surface area contributed by atoms with Crippen molar-refractivity contribution in [2.45, 2.75) is 0 Å². The molecule has 0 aliphatic carbocycles. The van der Waals surface area contributed by atoms with Crippen molar-refractivity contribution in [1.29, 1.82) is 0 Å². The maximum Gasteiger partial charge on any atom is 0.337 e. The van der Waals surface area contributed by atoms with Gasteiger partial charge in [0.2, 0.25) is 0 Å². The molecule has 0 saturated heterocycles. The number of hydrogen-bond donors (Lipinski definition) is 0. The van der Waals surface area contributed by atoms with Crippen molar-refractivity contribution in [3.05, 3.63) is 35.9 Å². The zero-order chi connectivity index (χ0) is 7.40. The van der Waals surface area contributed by atoms with E-state index < -0.39 is 0 Å². The first kappa shape index (κ1) is 10.6. The van der Waals surface area contributed by atoms with Gasteiger partial charge in [0.05, 0.1) is 12.7 Å². The second kappa shape index (κ2) is 5.30. The van der Waals surface area contributed by atoms with Crippen molar-refractivity contribution in [2.75, 3.05) is 7.11 Å². The van der Waals surface area contributed by atoms with Crippen LogP contribution < -0.4 is 0 Å². The van der Waals surface area contributed by atoms with E-state index in [1.165, 1.54) is 7.11 Å². The van der Waals surface area contributed by atoms with Crippen LogP contribution in [0, 0.1) is 0 Å². The van der Waals surface area contributed by atoms with Crippen molar-refractivity contribution < 1.29 is 37.2 Å². The van der Waals surface area contributed by atoms with E-state index in [9.17, 15) is 4.79 Å². The molecular formula is C8H8HgO2. The minimum absolute atomic E-state index is 0. The summed E-state index contributed by atoms with van der Waals surface area (Å²) in [5.41, 5.74) is 0.588. The average molecular weight is 337 g/mol. The van der Waals surface area contributed by atoms with Crippen molar-refractivity contribution in [2.24, 2.45) is 0 Å². The van der Waals surface area contributed by atoms with Crippen LogP contribution in [0.25, 0.3) is 0 Å². The quantitative estimate of drug-likeness (QED) is 0.573. The normalized spacial score (nSPS) is 8.09. The molecule has 0 amide bonds. The van der Waals surface area contributed by atoms with E-state index in [-0.39, 0.29) is 33.6 Å². The van der Waals surface area contributed by atoms with Crippen LogP contribution in [-0.2, 0) is 32.4 Å². The van der Waals surface area contributed by atoms with Crippen molar-refractivity contribution in [3.8, 4) is 0 Å². The topological polar surface area (TPSA) is 26.3 Å². The summed E-state index contributed by atoms with van der Waals surface area (Å²) in [6.45, 7) is 0. The number of benzene rings is 1. The molecule has 11 heavy (non-hydrogen) atoms. The van der Waals surface area contributed by atoms with Gasteiger partial charge in [0.1, 0.15) is 0 Å². The number of ether oxygens (including phenoxy) is 1. The summed E-state index contributed by atoms with van der Waals surface area (Å²) >= 11 is 0. The van der Waals surface area contributed by atoms with Gasteiger partial charge in [-0.25, -0.2) is 4.79 Å². The van der Waals surface area contributed by atoms with E-state index in [4.69, 9.17) is 0 Å². The second-order valence-electron chi connectivity index (χ2n) is 1.86. The molecule has 0 aliphatic rings. The average Bonchev–Trinajstić information content (AvgIpc) is 2.05. The fraction of sp³-hybridized carbons (Fsp3) is 0.125. The summed E-state index contributed by atoms with van der Waals surface area (Å²) in [4.78, 5) is 10.8. The summed E-state index contributed by atoms with van der Waals surface area (Å²) in [5, 5.41) is 0. The summed E-state index contributed by atoms with van der Waals surface area (Å²) in [5.74, 6) is -0.291. The Morgan fingerprint density at radius 3 is 2.27 bits per heavy atom. The molecule has 0 aromatic heterocycles. The Balaban J connectivity index is 0.000001000.